The minimum atomic E-state index is -0.709. The van der Waals surface area contributed by atoms with Crippen molar-refractivity contribution in [1.82, 2.24) is 10.6 Å². The maximum atomic E-state index is 12.0. The van der Waals surface area contributed by atoms with Crippen LogP contribution in [0, 0.1) is 0 Å². The lowest BCUT2D eigenvalue weighted by Gasteiger charge is -2.16. The van der Waals surface area contributed by atoms with Crippen molar-refractivity contribution in [1.29, 1.82) is 0 Å². The number of nitrogens with zero attached hydrogens (tertiary/aromatic N) is 1. The number of carbonyl (C=O) groups excluding carboxylic acids is 1. The molecule has 0 aliphatic carbocycles. The molecule has 0 heterocycles. The topological polar surface area (TPSA) is 101 Å². The molecule has 8 heteroatoms. The van der Waals surface area contributed by atoms with Crippen molar-refractivity contribution in [3.05, 3.63) is 59.2 Å². The van der Waals surface area contributed by atoms with Crippen molar-refractivity contribution in [2.24, 2.45) is 4.99 Å². The molecule has 1 atom stereocenters. The van der Waals surface area contributed by atoms with E-state index in [0.29, 0.717) is 30.4 Å². The monoisotopic (exact) mass is 443 g/mol. The van der Waals surface area contributed by atoms with Gasteiger partial charge in [0, 0.05) is 13.1 Å². The lowest BCUT2D eigenvalue weighted by Crippen LogP contribution is -2.39. The number of carbonyl (C=O) groups is 1. The Kier molecular flexibility index (Phi) is 9.81. The molecule has 3 N–H and O–H groups in total. The summed E-state index contributed by atoms with van der Waals surface area (Å²) >= 11 is 0. The molecule has 0 aliphatic rings. The molecule has 2 aromatic carbocycles. The second kappa shape index (κ2) is 12.6. The Morgan fingerprint density at radius 1 is 1.09 bits per heavy atom. The molecule has 0 spiro atoms. The molecule has 0 aliphatic heterocycles. The molecule has 0 amide bonds. The summed E-state index contributed by atoms with van der Waals surface area (Å²) in [6, 6.07) is 12.6. The first kappa shape index (κ1) is 25.0. The van der Waals surface area contributed by atoms with Gasteiger partial charge in [0.15, 0.2) is 5.96 Å². The van der Waals surface area contributed by atoms with Gasteiger partial charge in [-0.15, -0.1) is 0 Å². The summed E-state index contributed by atoms with van der Waals surface area (Å²) in [6.45, 7) is 7.18. The van der Waals surface area contributed by atoms with E-state index in [4.69, 9.17) is 14.2 Å². The first-order valence-electron chi connectivity index (χ1n) is 10.6. The van der Waals surface area contributed by atoms with E-state index in [0.717, 1.165) is 16.9 Å². The third-order valence-corrected chi connectivity index (χ3v) is 4.53. The molecular weight excluding hydrogens is 410 g/mol. The largest absolute Gasteiger partial charge is 0.496 e. The summed E-state index contributed by atoms with van der Waals surface area (Å²) in [4.78, 5) is 16.5. The van der Waals surface area contributed by atoms with Gasteiger partial charge in [-0.2, -0.15) is 0 Å². The number of aliphatic hydroxyl groups excluding tert-OH is 1. The fourth-order valence-corrected chi connectivity index (χ4v) is 2.99. The number of rotatable bonds is 10. The summed E-state index contributed by atoms with van der Waals surface area (Å²) in [5, 5.41) is 16.8. The van der Waals surface area contributed by atoms with E-state index in [1.54, 1.807) is 12.1 Å². The van der Waals surface area contributed by atoms with Gasteiger partial charge < -0.3 is 30.0 Å². The fraction of sp³-hybridized carbons (Fsp3) is 0.417. The Labute approximate surface area is 189 Å². The second-order valence-electron chi connectivity index (χ2n) is 7.35. The quantitative estimate of drug-likeness (QED) is 0.295. The molecule has 2 rings (SSSR count). The van der Waals surface area contributed by atoms with E-state index >= 15 is 0 Å². The van der Waals surface area contributed by atoms with Gasteiger partial charge in [0.25, 0.3) is 0 Å². The van der Waals surface area contributed by atoms with Gasteiger partial charge >= 0.3 is 5.97 Å². The fourth-order valence-electron chi connectivity index (χ4n) is 2.99. The molecule has 0 radical (unpaired) electrons. The van der Waals surface area contributed by atoms with Gasteiger partial charge in [0.05, 0.1) is 33.0 Å². The minimum Gasteiger partial charge on any atom is -0.496 e. The Morgan fingerprint density at radius 2 is 1.81 bits per heavy atom. The number of esters is 1. The number of ether oxygens (including phenoxy) is 3. The smallest absolute Gasteiger partial charge is 0.341 e. The number of guanidine groups is 1. The van der Waals surface area contributed by atoms with Gasteiger partial charge in [-0.05, 0) is 56.2 Å². The van der Waals surface area contributed by atoms with Crippen molar-refractivity contribution < 1.29 is 24.1 Å². The maximum Gasteiger partial charge on any atom is 0.341 e. The summed E-state index contributed by atoms with van der Waals surface area (Å²) < 4.78 is 15.7. The van der Waals surface area contributed by atoms with Crippen LogP contribution in [0.1, 0.15) is 48.4 Å². The molecule has 0 saturated carbocycles. The third kappa shape index (κ3) is 7.46. The van der Waals surface area contributed by atoms with Crippen LogP contribution in [0.15, 0.2) is 47.5 Å². The van der Waals surface area contributed by atoms with Gasteiger partial charge in [-0.1, -0.05) is 18.2 Å². The first-order valence-corrected chi connectivity index (χ1v) is 10.6. The Bertz CT molecular complexity index is 897. The highest BCUT2D eigenvalue weighted by molar-refractivity contribution is 5.92. The molecule has 0 saturated heterocycles. The van der Waals surface area contributed by atoms with Crippen LogP contribution in [0.25, 0.3) is 0 Å². The number of methoxy groups -OCH3 is 2. The molecule has 0 bridgehead atoms. The van der Waals surface area contributed by atoms with Crippen molar-refractivity contribution in [3.63, 3.8) is 0 Å². The van der Waals surface area contributed by atoms with Crippen molar-refractivity contribution in [2.45, 2.75) is 39.5 Å². The van der Waals surface area contributed by atoms with E-state index in [2.05, 4.69) is 15.6 Å². The van der Waals surface area contributed by atoms with E-state index in [1.807, 2.05) is 51.1 Å². The van der Waals surface area contributed by atoms with E-state index in [-0.39, 0.29) is 12.6 Å². The van der Waals surface area contributed by atoms with Gasteiger partial charge in [0.2, 0.25) is 0 Å². The summed E-state index contributed by atoms with van der Waals surface area (Å²) in [5.41, 5.74) is 1.95. The Balaban J connectivity index is 2.03. The SMILES string of the molecule is CCNC(=NCc1ccc(OC)c(C(=O)OC)c1)NCC(O)c1ccc(OC(C)C)cc1. The van der Waals surface area contributed by atoms with Crippen LogP contribution in [0.3, 0.4) is 0 Å². The number of benzene rings is 2. The van der Waals surface area contributed by atoms with Gasteiger partial charge in [0.1, 0.15) is 17.1 Å². The van der Waals surface area contributed by atoms with Gasteiger partial charge in [-0.25, -0.2) is 9.79 Å². The molecular formula is C24H33N3O5. The summed E-state index contributed by atoms with van der Waals surface area (Å²) in [7, 11) is 2.83. The van der Waals surface area contributed by atoms with Crippen molar-refractivity contribution >= 4 is 11.9 Å². The van der Waals surface area contributed by atoms with E-state index in [9.17, 15) is 9.90 Å². The van der Waals surface area contributed by atoms with Gasteiger partial charge in [-0.3, -0.25) is 0 Å². The van der Waals surface area contributed by atoms with E-state index in [1.165, 1.54) is 14.2 Å². The first-order chi connectivity index (χ1) is 15.4. The second-order valence-corrected chi connectivity index (χ2v) is 7.35. The highest BCUT2D eigenvalue weighted by atomic mass is 16.5. The highest BCUT2D eigenvalue weighted by Gasteiger charge is 2.14. The van der Waals surface area contributed by atoms with Crippen molar-refractivity contribution in [3.8, 4) is 11.5 Å². The number of nitrogens with one attached hydrogen (secondary N) is 2. The van der Waals surface area contributed by atoms with Crippen LogP contribution < -0.4 is 20.1 Å². The summed E-state index contributed by atoms with van der Waals surface area (Å²) in [5.74, 6) is 1.31. The van der Waals surface area contributed by atoms with Crippen LogP contribution in [0.2, 0.25) is 0 Å². The lowest BCUT2D eigenvalue weighted by molar-refractivity contribution is 0.0597. The highest BCUT2D eigenvalue weighted by Crippen LogP contribution is 2.21. The van der Waals surface area contributed by atoms with E-state index < -0.39 is 12.1 Å². The maximum absolute atomic E-state index is 12.0. The van der Waals surface area contributed by atoms with Crippen LogP contribution in [0.4, 0.5) is 0 Å². The molecule has 174 valence electrons. The molecule has 8 nitrogen and oxygen atoms in total. The van der Waals surface area contributed by atoms with Crippen LogP contribution in [-0.4, -0.2) is 50.4 Å². The number of hydrogen-bond acceptors (Lipinski definition) is 6. The molecule has 0 aromatic heterocycles. The Morgan fingerprint density at radius 3 is 2.41 bits per heavy atom. The standard InChI is InChI=1S/C24H33N3O5/c1-6-25-24(26-14-17-7-12-22(30-4)20(13-17)23(29)31-5)27-15-21(28)18-8-10-19(11-9-18)32-16(2)3/h7-13,16,21,28H,6,14-15H2,1-5H3,(H2,25,26,27). The molecule has 2 aromatic rings. The van der Waals surface area contributed by atoms with Crippen LogP contribution >= 0.6 is 0 Å². The number of aliphatic hydroxyl groups is 1. The van der Waals surface area contributed by atoms with Crippen LogP contribution in [-0.2, 0) is 11.3 Å². The Hall–Kier alpha value is -3.26. The van der Waals surface area contributed by atoms with Crippen LogP contribution in [0.5, 0.6) is 11.5 Å². The third-order valence-electron chi connectivity index (χ3n) is 4.53. The normalized spacial score (nSPS) is 12.3. The van der Waals surface area contributed by atoms with Crippen molar-refractivity contribution in [2.75, 3.05) is 27.3 Å². The predicted molar refractivity (Wildman–Crippen MR) is 124 cm³/mol. The average Bonchev–Trinajstić information content (AvgIpc) is 2.80. The molecule has 32 heavy (non-hydrogen) atoms. The average molecular weight is 444 g/mol. The summed E-state index contributed by atoms with van der Waals surface area (Å²) in [6.07, 6.45) is -0.611. The minimum absolute atomic E-state index is 0.0979. The number of hydrogen-bond donors (Lipinski definition) is 3. The lowest BCUT2D eigenvalue weighted by atomic mass is 10.1. The zero-order chi connectivity index (χ0) is 23.5. The molecule has 1 unspecified atom stereocenters. The molecule has 0 fully saturated rings. The zero-order valence-electron chi connectivity index (χ0n) is 19.3. The zero-order valence-corrected chi connectivity index (χ0v) is 19.3. The number of aliphatic imine (C=N–C) groups is 1. The predicted octanol–water partition coefficient (Wildman–Crippen LogP) is 3.06.